The highest BCUT2D eigenvalue weighted by Crippen LogP contribution is 2.28. The molecular weight excluding hydrogens is 360 g/mol. The van der Waals surface area contributed by atoms with E-state index in [1.54, 1.807) is 41.0 Å². The molecule has 0 bridgehead atoms. The minimum Gasteiger partial charge on any atom is -0.289 e. The average Bonchev–Trinajstić information content (AvgIpc) is 3.19. The number of carbonyl (C=O) groups excluding carboxylic acids is 2. The Morgan fingerprint density at radius 3 is 1.97 bits per heavy atom. The fraction of sp³-hybridized carbons (Fsp3) is 0. The molecule has 4 heteroatoms. The quantitative estimate of drug-likeness (QED) is 0.417. The number of benzene rings is 3. The lowest BCUT2D eigenvalue weighted by atomic mass is 10.0. The maximum absolute atomic E-state index is 13.3. The lowest BCUT2D eigenvalue weighted by Gasteiger charge is -2.05. The van der Waals surface area contributed by atoms with E-state index in [4.69, 9.17) is 0 Å². The van der Waals surface area contributed by atoms with Gasteiger partial charge in [-0.25, -0.2) is 4.52 Å². The van der Waals surface area contributed by atoms with Crippen molar-refractivity contribution < 1.29 is 9.59 Å². The molecule has 5 rings (SSSR count). The summed E-state index contributed by atoms with van der Waals surface area (Å²) in [6.07, 6.45) is 1.72. The van der Waals surface area contributed by atoms with Crippen molar-refractivity contribution in [2.45, 2.75) is 0 Å². The predicted molar refractivity (Wildman–Crippen MR) is 112 cm³/mol. The highest BCUT2D eigenvalue weighted by atomic mass is 16.1. The van der Waals surface area contributed by atoms with Crippen LogP contribution < -0.4 is 0 Å². The van der Waals surface area contributed by atoms with E-state index in [-0.39, 0.29) is 11.6 Å². The maximum Gasteiger partial charge on any atom is 0.211 e. The highest BCUT2D eigenvalue weighted by Gasteiger charge is 2.23. The largest absolute Gasteiger partial charge is 0.289 e. The summed E-state index contributed by atoms with van der Waals surface area (Å²) in [6, 6.07) is 27.5. The van der Waals surface area contributed by atoms with E-state index in [0.29, 0.717) is 27.9 Å². The van der Waals surface area contributed by atoms with Gasteiger partial charge in [0.25, 0.3) is 0 Å². The van der Waals surface area contributed by atoms with Gasteiger partial charge in [-0.3, -0.25) is 9.59 Å². The van der Waals surface area contributed by atoms with Crippen molar-refractivity contribution in [2.24, 2.45) is 0 Å². The van der Waals surface area contributed by atoms with Gasteiger partial charge in [0, 0.05) is 21.9 Å². The molecule has 0 aliphatic rings. The van der Waals surface area contributed by atoms with Crippen molar-refractivity contribution in [1.29, 1.82) is 0 Å². The van der Waals surface area contributed by atoms with E-state index in [1.807, 2.05) is 60.7 Å². The van der Waals surface area contributed by atoms with Crippen LogP contribution in [0.5, 0.6) is 0 Å². The normalized spacial score (nSPS) is 11.0. The van der Waals surface area contributed by atoms with E-state index >= 15 is 0 Å². The van der Waals surface area contributed by atoms with Gasteiger partial charge in [0.2, 0.25) is 5.78 Å². The van der Waals surface area contributed by atoms with Crippen LogP contribution >= 0.6 is 0 Å². The number of nitrogens with zero attached hydrogens (tertiary/aromatic N) is 2. The van der Waals surface area contributed by atoms with E-state index in [2.05, 4.69) is 5.10 Å². The van der Waals surface area contributed by atoms with Crippen molar-refractivity contribution in [1.82, 2.24) is 9.61 Å². The van der Waals surface area contributed by atoms with Crippen molar-refractivity contribution >= 4 is 27.9 Å². The van der Waals surface area contributed by atoms with Crippen molar-refractivity contribution in [2.75, 3.05) is 0 Å². The van der Waals surface area contributed by atoms with Crippen molar-refractivity contribution in [3.05, 3.63) is 120 Å². The van der Waals surface area contributed by atoms with Crippen LogP contribution in [0.1, 0.15) is 32.0 Å². The van der Waals surface area contributed by atoms with Crippen LogP contribution in [0.15, 0.2) is 97.2 Å². The van der Waals surface area contributed by atoms with Gasteiger partial charge in [0.1, 0.15) is 5.69 Å². The molecule has 0 saturated heterocycles. The van der Waals surface area contributed by atoms with Crippen LogP contribution in [0.3, 0.4) is 0 Å². The summed E-state index contributed by atoms with van der Waals surface area (Å²) >= 11 is 0. The standard InChI is InChI=1S/C25H16N2O2/c28-24(17-9-3-1-4-10-17)21-15-22(25(29)18-11-5-2-6-12-18)27-23(21)20-14-8-7-13-19(20)16-26-27/h1-16H. The molecule has 0 saturated carbocycles. The van der Waals surface area contributed by atoms with E-state index in [1.165, 1.54) is 0 Å². The van der Waals surface area contributed by atoms with Crippen LogP contribution in [-0.4, -0.2) is 21.2 Å². The Kier molecular flexibility index (Phi) is 4.03. The number of fused-ring (bicyclic) bond motifs is 3. The Morgan fingerprint density at radius 1 is 0.690 bits per heavy atom. The number of carbonyl (C=O) groups is 2. The second kappa shape index (κ2) is 6.84. The van der Waals surface area contributed by atoms with Crippen LogP contribution in [0.4, 0.5) is 0 Å². The minimum absolute atomic E-state index is 0.131. The van der Waals surface area contributed by atoms with Gasteiger partial charge in [-0.2, -0.15) is 5.10 Å². The van der Waals surface area contributed by atoms with Gasteiger partial charge in [0.05, 0.1) is 17.3 Å². The summed E-state index contributed by atoms with van der Waals surface area (Å²) in [5.74, 6) is -0.302. The molecule has 0 unspecified atom stereocenters. The number of ketones is 2. The summed E-state index contributed by atoms with van der Waals surface area (Å²) in [4.78, 5) is 26.5. The molecule has 29 heavy (non-hydrogen) atoms. The first-order valence-corrected chi connectivity index (χ1v) is 9.33. The van der Waals surface area contributed by atoms with Gasteiger partial charge in [-0.15, -0.1) is 0 Å². The number of hydrogen-bond acceptors (Lipinski definition) is 3. The van der Waals surface area contributed by atoms with Crippen LogP contribution in [-0.2, 0) is 0 Å². The SMILES string of the molecule is O=C(c1ccccc1)c1cc(C(=O)c2ccccc2)n2ncc3ccccc3c12. The van der Waals surface area contributed by atoms with Crippen LogP contribution in [0.25, 0.3) is 16.3 Å². The zero-order valence-corrected chi connectivity index (χ0v) is 15.4. The molecular formula is C25H16N2O2. The molecule has 2 heterocycles. The predicted octanol–water partition coefficient (Wildman–Crippen LogP) is 4.95. The molecule has 138 valence electrons. The Balaban J connectivity index is 1.81. The van der Waals surface area contributed by atoms with Gasteiger partial charge in [-0.05, 0) is 6.07 Å². The number of rotatable bonds is 4. The first kappa shape index (κ1) is 17.1. The van der Waals surface area contributed by atoms with Gasteiger partial charge in [-0.1, -0.05) is 84.9 Å². The smallest absolute Gasteiger partial charge is 0.211 e. The fourth-order valence-electron chi connectivity index (χ4n) is 3.64. The Hall–Kier alpha value is -4.05. The average molecular weight is 376 g/mol. The maximum atomic E-state index is 13.3. The molecule has 0 spiro atoms. The third-order valence-corrected chi connectivity index (χ3v) is 5.05. The molecule has 2 aromatic heterocycles. The summed E-state index contributed by atoms with van der Waals surface area (Å²) in [7, 11) is 0. The molecule has 0 fully saturated rings. The van der Waals surface area contributed by atoms with Crippen LogP contribution in [0.2, 0.25) is 0 Å². The Bertz CT molecular complexity index is 1370. The third-order valence-electron chi connectivity index (χ3n) is 5.05. The van der Waals surface area contributed by atoms with Gasteiger partial charge < -0.3 is 0 Å². The summed E-state index contributed by atoms with van der Waals surface area (Å²) in [5, 5.41) is 6.30. The molecule has 0 aliphatic carbocycles. The topological polar surface area (TPSA) is 51.4 Å². The number of hydrogen-bond donors (Lipinski definition) is 0. The second-order valence-corrected chi connectivity index (χ2v) is 6.83. The number of aromatic nitrogens is 2. The summed E-state index contributed by atoms with van der Waals surface area (Å²) < 4.78 is 1.59. The Labute approximate surface area is 167 Å². The monoisotopic (exact) mass is 376 g/mol. The molecule has 0 atom stereocenters. The second-order valence-electron chi connectivity index (χ2n) is 6.83. The van der Waals surface area contributed by atoms with Gasteiger partial charge >= 0.3 is 0 Å². The molecule has 0 N–H and O–H groups in total. The summed E-state index contributed by atoms with van der Waals surface area (Å²) in [6.45, 7) is 0. The molecule has 3 aromatic carbocycles. The lowest BCUT2D eigenvalue weighted by Crippen LogP contribution is -2.07. The third kappa shape index (κ3) is 2.82. The van der Waals surface area contributed by atoms with Crippen molar-refractivity contribution in [3.63, 3.8) is 0 Å². The molecule has 0 aliphatic heterocycles. The lowest BCUT2D eigenvalue weighted by molar-refractivity contribution is 0.103. The van der Waals surface area contributed by atoms with E-state index < -0.39 is 0 Å². The molecule has 0 amide bonds. The highest BCUT2D eigenvalue weighted by molar-refractivity contribution is 6.20. The molecule has 5 aromatic rings. The first-order chi connectivity index (χ1) is 14.2. The first-order valence-electron chi connectivity index (χ1n) is 9.33. The molecule has 4 nitrogen and oxygen atoms in total. The van der Waals surface area contributed by atoms with E-state index in [0.717, 1.165) is 10.8 Å². The Morgan fingerprint density at radius 2 is 1.28 bits per heavy atom. The zero-order chi connectivity index (χ0) is 19.8. The van der Waals surface area contributed by atoms with Gasteiger partial charge in [0.15, 0.2) is 5.78 Å². The summed E-state index contributed by atoms with van der Waals surface area (Å²) in [5.41, 5.74) is 2.62. The van der Waals surface area contributed by atoms with Crippen molar-refractivity contribution in [3.8, 4) is 0 Å². The fourth-order valence-corrected chi connectivity index (χ4v) is 3.64. The zero-order valence-electron chi connectivity index (χ0n) is 15.4. The molecule has 0 radical (unpaired) electrons. The minimum atomic E-state index is -0.171. The van der Waals surface area contributed by atoms with E-state index in [9.17, 15) is 9.59 Å². The van der Waals surface area contributed by atoms with Crippen LogP contribution in [0, 0.1) is 0 Å².